The SMILES string of the molecule is Cc1nc(N)nc2c1C(=O)CC(c1c(OCCN3CCCCC3)cccc1-c1cccnc1F)C2. The highest BCUT2D eigenvalue weighted by molar-refractivity contribution is 6.00. The van der Waals surface area contributed by atoms with Crippen LogP contribution in [0.25, 0.3) is 11.1 Å². The van der Waals surface area contributed by atoms with Crippen LogP contribution in [-0.2, 0) is 6.42 Å². The monoisotopic (exact) mass is 475 g/mol. The fourth-order valence-corrected chi connectivity index (χ4v) is 5.38. The van der Waals surface area contributed by atoms with Crippen molar-refractivity contribution >= 4 is 11.7 Å². The van der Waals surface area contributed by atoms with E-state index in [4.69, 9.17) is 10.5 Å². The molecule has 0 spiro atoms. The molecule has 0 bridgehead atoms. The van der Waals surface area contributed by atoms with E-state index in [2.05, 4.69) is 19.9 Å². The van der Waals surface area contributed by atoms with Crippen LogP contribution in [0.2, 0.25) is 0 Å². The van der Waals surface area contributed by atoms with Gasteiger partial charge in [0.05, 0.1) is 17.0 Å². The number of ether oxygens (including phenoxy) is 1. The Kier molecular flexibility index (Phi) is 6.72. The Balaban J connectivity index is 1.52. The fourth-order valence-electron chi connectivity index (χ4n) is 5.38. The number of piperidine rings is 1. The van der Waals surface area contributed by atoms with Gasteiger partial charge < -0.3 is 10.5 Å². The van der Waals surface area contributed by atoms with Gasteiger partial charge in [-0.2, -0.15) is 4.39 Å². The van der Waals surface area contributed by atoms with Crippen molar-refractivity contribution in [2.75, 3.05) is 32.0 Å². The molecule has 1 fully saturated rings. The Labute approximate surface area is 204 Å². The number of fused-ring (bicyclic) bond motifs is 1. The van der Waals surface area contributed by atoms with Crippen molar-refractivity contribution in [1.82, 2.24) is 19.9 Å². The number of hydrogen-bond acceptors (Lipinski definition) is 7. The molecule has 1 aromatic carbocycles. The minimum Gasteiger partial charge on any atom is -0.492 e. The summed E-state index contributed by atoms with van der Waals surface area (Å²) in [6.45, 7) is 5.32. The Hall–Kier alpha value is -3.39. The molecule has 3 aromatic rings. The van der Waals surface area contributed by atoms with Crippen molar-refractivity contribution in [2.24, 2.45) is 0 Å². The average molecular weight is 476 g/mol. The maximum atomic E-state index is 14.8. The zero-order valence-corrected chi connectivity index (χ0v) is 20.0. The van der Waals surface area contributed by atoms with Crippen molar-refractivity contribution < 1.29 is 13.9 Å². The number of anilines is 1. The molecule has 0 radical (unpaired) electrons. The van der Waals surface area contributed by atoms with Crippen LogP contribution < -0.4 is 10.5 Å². The lowest BCUT2D eigenvalue weighted by Crippen LogP contribution is -2.33. The van der Waals surface area contributed by atoms with Crippen molar-refractivity contribution in [3.63, 3.8) is 0 Å². The number of nitrogens with zero attached hydrogens (tertiary/aromatic N) is 4. The molecule has 7 nitrogen and oxygen atoms in total. The summed E-state index contributed by atoms with van der Waals surface area (Å²) in [7, 11) is 0. The minimum absolute atomic E-state index is 0.0329. The van der Waals surface area contributed by atoms with Crippen LogP contribution in [0.5, 0.6) is 5.75 Å². The van der Waals surface area contributed by atoms with Gasteiger partial charge in [-0.3, -0.25) is 9.69 Å². The van der Waals surface area contributed by atoms with Crippen LogP contribution in [0.3, 0.4) is 0 Å². The highest BCUT2D eigenvalue weighted by atomic mass is 19.1. The number of benzene rings is 1. The number of pyridine rings is 1. The van der Waals surface area contributed by atoms with Crippen LogP contribution in [-0.4, -0.2) is 51.9 Å². The second kappa shape index (κ2) is 10.1. The topological polar surface area (TPSA) is 94.2 Å². The standard InChI is InChI=1S/C27H30FN5O2/c1-17-24-21(32-27(29)31-17)15-18(16-22(24)34)25-19(20-8-6-10-30-26(20)28)7-5-9-23(25)35-14-13-33-11-3-2-4-12-33/h5-10,18H,2-4,11-16H2,1H3,(H2,29,31,32). The Morgan fingerprint density at radius 1 is 1.09 bits per heavy atom. The van der Waals surface area contributed by atoms with E-state index in [0.29, 0.717) is 46.9 Å². The predicted octanol–water partition coefficient (Wildman–Crippen LogP) is 4.35. The van der Waals surface area contributed by atoms with E-state index < -0.39 is 5.95 Å². The van der Waals surface area contributed by atoms with E-state index >= 15 is 0 Å². The van der Waals surface area contributed by atoms with E-state index in [1.54, 1.807) is 19.1 Å². The first-order valence-corrected chi connectivity index (χ1v) is 12.3. The molecular formula is C27H30FN5O2. The summed E-state index contributed by atoms with van der Waals surface area (Å²) in [6, 6.07) is 9.06. The number of likely N-dealkylation sites (tertiary alicyclic amines) is 1. The molecule has 3 heterocycles. The number of carbonyl (C=O) groups is 1. The summed E-state index contributed by atoms with van der Waals surface area (Å²) >= 11 is 0. The molecule has 2 aromatic heterocycles. The third kappa shape index (κ3) is 4.89. The number of nitrogens with two attached hydrogens (primary N) is 1. The molecule has 182 valence electrons. The largest absolute Gasteiger partial charge is 0.492 e. The molecule has 2 N–H and O–H groups in total. The lowest BCUT2D eigenvalue weighted by atomic mass is 9.78. The predicted molar refractivity (Wildman–Crippen MR) is 132 cm³/mol. The average Bonchev–Trinajstić information content (AvgIpc) is 2.84. The second-order valence-electron chi connectivity index (χ2n) is 9.33. The summed E-state index contributed by atoms with van der Waals surface area (Å²) in [5.74, 6) is 0.00481. The Morgan fingerprint density at radius 3 is 2.69 bits per heavy atom. The number of nitrogen functional groups attached to an aromatic ring is 1. The number of hydrogen-bond donors (Lipinski definition) is 1. The third-order valence-electron chi connectivity index (χ3n) is 6.97. The molecule has 1 atom stereocenters. The molecule has 1 aliphatic heterocycles. The number of aryl methyl sites for hydroxylation is 1. The first-order chi connectivity index (χ1) is 17.0. The smallest absolute Gasteiger partial charge is 0.220 e. The van der Waals surface area contributed by atoms with E-state index in [0.717, 1.165) is 25.2 Å². The van der Waals surface area contributed by atoms with Gasteiger partial charge in [-0.05, 0) is 63.0 Å². The summed E-state index contributed by atoms with van der Waals surface area (Å²) in [6.07, 6.45) is 5.91. The number of aromatic nitrogens is 3. The van der Waals surface area contributed by atoms with Crippen molar-refractivity contribution in [1.29, 1.82) is 0 Å². The van der Waals surface area contributed by atoms with Gasteiger partial charge in [0.2, 0.25) is 11.9 Å². The second-order valence-corrected chi connectivity index (χ2v) is 9.33. The molecule has 0 amide bonds. The van der Waals surface area contributed by atoms with Crippen LogP contribution in [0.15, 0.2) is 36.5 Å². The van der Waals surface area contributed by atoms with Crippen LogP contribution >= 0.6 is 0 Å². The molecule has 35 heavy (non-hydrogen) atoms. The Bertz CT molecular complexity index is 1240. The normalized spacial score (nSPS) is 18.3. The quantitative estimate of drug-likeness (QED) is 0.530. The van der Waals surface area contributed by atoms with E-state index in [-0.39, 0.29) is 24.1 Å². The van der Waals surface area contributed by atoms with Crippen molar-refractivity contribution in [2.45, 2.75) is 44.9 Å². The molecule has 8 heteroatoms. The van der Waals surface area contributed by atoms with E-state index in [9.17, 15) is 9.18 Å². The molecule has 1 saturated heterocycles. The first-order valence-electron chi connectivity index (χ1n) is 12.3. The number of ketones is 1. The maximum absolute atomic E-state index is 14.8. The van der Waals surface area contributed by atoms with Gasteiger partial charge >= 0.3 is 0 Å². The number of carbonyl (C=O) groups excluding carboxylic acids is 1. The molecule has 0 saturated carbocycles. The van der Waals surface area contributed by atoms with Crippen molar-refractivity contribution in [3.8, 4) is 16.9 Å². The van der Waals surface area contributed by atoms with Gasteiger partial charge in [-0.25, -0.2) is 15.0 Å². The van der Waals surface area contributed by atoms with E-state index in [1.807, 2.05) is 18.2 Å². The summed E-state index contributed by atoms with van der Waals surface area (Å²) in [5, 5.41) is 0. The Morgan fingerprint density at radius 2 is 1.89 bits per heavy atom. The summed E-state index contributed by atoms with van der Waals surface area (Å²) in [5.41, 5.74) is 9.57. The molecule has 2 aliphatic rings. The third-order valence-corrected chi connectivity index (χ3v) is 6.97. The fraction of sp³-hybridized carbons (Fsp3) is 0.407. The summed E-state index contributed by atoms with van der Waals surface area (Å²) in [4.78, 5) is 28.0. The van der Waals surface area contributed by atoms with Crippen molar-refractivity contribution in [3.05, 3.63) is 65.0 Å². The summed E-state index contributed by atoms with van der Waals surface area (Å²) < 4.78 is 21.1. The molecule has 5 rings (SSSR count). The lowest BCUT2D eigenvalue weighted by Gasteiger charge is -2.29. The maximum Gasteiger partial charge on any atom is 0.220 e. The van der Waals surface area contributed by atoms with Gasteiger partial charge in [0, 0.05) is 36.2 Å². The van der Waals surface area contributed by atoms with Gasteiger partial charge in [0.15, 0.2) is 5.78 Å². The van der Waals surface area contributed by atoms with E-state index in [1.165, 1.54) is 25.5 Å². The van der Waals surface area contributed by atoms with Crippen LogP contribution in [0.4, 0.5) is 10.3 Å². The van der Waals surface area contributed by atoms with Gasteiger partial charge in [0.1, 0.15) is 12.4 Å². The molecular weight excluding hydrogens is 445 g/mol. The molecule has 1 aliphatic carbocycles. The number of Topliss-reactive ketones (excluding diaryl/α,β-unsaturated/α-hetero) is 1. The zero-order chi connectivity index (χ0) is 24.4. The highest BCUT2D eigenvalue weighted by Gasteiger charge is 2.33. The van der Waals surface area contributed by atoms with Gasteiger partial charge in [-0.1, -0.05) is 18.6 Å². The number of halogens is 1. The zero-order valence-electron chi connectivity index (χ0n) is 20.0. The lowest BCUT2D eigenvalue weighted by molar-refractivity contribution is 0.0961. The first kappa shape index (κ1) is 23.4. The van der Waals surface area contributed by atoms with Crippen LogP contribution in [0.1, 0.15) is 58.9 Å². The van der Waals surface area contributed by atoms with Gasteiger partial charge in [0.25, 0.3) is 0 Å². The minimum atomic E-state index is -0.552. The van der Waals surface area contributed by atoms with Crippen LogP contribution in [0, 0.1) is 12.9 Å². The molecule has 1 unspecified atom stereocenters. The van der Waals surface area contributed by atoms with Gasteiger partial charge in [-0.15, -0.1) is 0 Å². The number of rotatable bonds is 6. The highest BCUT2D eigenvalue weighted by Crippen LogP contribution is 2.43.